The van der Waals surface area contributed by atoms with Crippen LogP contribution in [0, 0.1) is 6.92 Å². The number of halogens is 2. The highest BCUT2D eigenvalue weighted by Gasteiger charge is 2.18. The van der Waals surface area contributed by atoms with E-state index in [1.807, 2.05) is 14.0 Å². The summed E-state index contributed by atoms with van der Waals surface area (Å²) in [5, 5.41) is 7.90. The predicted octanol–water partition coefficient (Wildman–Crippen LogP) is 4.28. The van der Waals surface area contributed by atoms with Gasteiger partial charge in [0.1, 0.15) is 0 Å². The molecule has 114 valence electrons. The number of nitrogens with zero attached hydrogens (tertiary/aromatic N) is 2. The molecule has 1 heterocycles. The van der Waals surface area contributed by atoms with Crippen molar-refractivity contribution in [3.05, 3.63) is 50.2 Å². The van der Waals surface area contributed by atoms with Gasteiger partial charge in [0.2, 0.25) is 0 Å². The van der Waals surface area contributed by atoms with Crippen molar-refractivity contribution in [1.82, 2.24) is 15.1 Å². The van der Waals surface area contributed by atoms with E-state index < -0.39 is 0 Å². The van der Waals surface area contributed by atoms with Crippen LogP contribution in [0.5, 0.6) is 0 Å². The zero-order valence-electron chi connectivity index (χ0n) is 12.7. The van der Waals surface area contributed by atoms with E-state index in [0.29, 0.717) is 5.92 Å². The lowest BCUT2D eigenvalue weighted by molar-refractivity contribution is 0.562. The SMILES string of the molecule is CCn1nc(C)c(Br)c1CC(CNC)c1ccc(Br)cc1. The molecule has 0 saturated carbocycles. The lowest BCUT2D eigenvalue weighted by Crippen LogP contribution is -2.20. The molecular formula is C16H21Br2N3. The Morgan fingerprint density at radius 2 is 1.90 bits per heavy atom. The molecule has 1 unspecified atom stereocenters. The average Bonchev–Trinajstić information content (AvgIpc) is 2.75. The minimum atomic E-state index is 0.431. The van der Waals surface area contributed by atoms with Crippen LogP contribution in [0.25, 0.3) is 0 Å². The second kappa shape index (κ2) is 7.56. The maximum Gasteiger partial charge on any atom is 0.0738 e. The van der Waals surface area contributed by atoms with Crippen LogP contribution in [0.15, 0.2) is 33.2 Å². The smallest absolute Gasteiger partial charge is 0.0738 e. The molecule has 5 heteroatoms. The van der Waals surface area contributed by atoms with E-state index >= 15 is 0 Å². The molecule has 3 nitrogen and oxygen atoms in total. The van der Waals surface area contributed by atoms with E-state index in [2.05, 4.69) is 78.1 Å². The van der Waals surface area contributed by atoms with E-state index in [1.54, 1.807) is 0 Å². The summed E-state index contributed by atoms with van der Waals surface area (Å²) in [7, 11) is 2.00. The van der Waals surface area contributed by atoms with Gasteiger partial charge in [-0.1, -0.05) is 28.1 Å². The van der Waals surface area contributed by atoms with E-state index in [0.717, 1.165) is 34.1 Å². The molecule has 0 spiro atoms. The molecule has 0 aliphatic rings. The molecule has 0 amide bonds. The summed E-state index contributed by atoms with van der Waals surface area (Å²) in [6, 6.07) is 8.60. The number of hydrogen-bond donors (Lipinski definition) is 1. The van der Waals surface area contributed by atoms with Crippen LogP contribution >= 0.6 is 31.9 Å². The maximum atomic E-state index is 4.59. The normalized spacial score (nSPS) is 12.6. The summed E-state index contributed by atoms with van der Waals surface area (Å²) in [5.74, 6) is 0.431. The number of rotatable bonds is 6. The topological polar surface area (TPSA) is 29.9 Å². The van der Waals surface area contributed by atoms with Crippen molar-refractivity contribution < 1.29 is 0 Å². The van der Waals surface area contributed by atoms with Gasteiger partial charge in [0, 0.05) is 23.5 Å². The highest BCUT2D eigenvalue weighted by molar-refractivity contribution is 9.10. The Labute approximate surface area is 143 Å². The van der Waals surface area contributed by atoms with Crippen LogP contribution in [-0.4, -0.2) is 23.4 Å². The second-order valence-electron chi connectivity index (χ2n) is 5.17. The number of aryl methyl sites for hydroxylation is 2. The summed E-state index contributed by atoms with van der Waals surface area (Å²) in [6.07, 6.45) is 0.970. The fraction of sp³-hybridized carbons (Fsp3) is 0.438. The molecule has 0 aliphatic carbocycles. The van der Waals surface area contributed by atoms with Gasteiger partial charge in [-0.2, -0.15) is 5.10 Å². The van der Waals surface area contributed by atoms with Crippen molar-refractivity contribution in [2.75, 3.05) is 13.6 Å². The van der Waals surface area contributed by atoms with Crippen LogP contribution in [0.2, 0.25) is 0 Å². The van der Waals surface area contributed by atoms with Gasteiger partial charge in [0.05, 0.1) is 15.9 Å². The fourth-order valence-corrected chi connectivity index (χ4v) is 3.30. The van der Waals surface area contributed by atoms with Crippen LogP contribution in [0.1, 0.15) is 29.8 Å². The molecule has 1 aromatic heterocycles. The lowest BCUT2D eigenvalue weighted by Gasteiger charge is -2.18. The zero-order valence-corrected chi connectivity index (χ0v) is 15.8. The van der Waals surface area contributed by atoms with Crippen LogP contribution in [0.3, 0.4) is 0 Å². The van der Waals surface area contributed by atoms with Gasteiger partial charge in [0.25, 0.3) is 0 Å². The third-order valence-corrected chi connectivity index (χ3v) is 5.24. The van der Waals surface area contributed by atoms with Crippen LogP contribution in [-0.2, 0) is 13.0 Å². The standard InChI is InChI=1S/C16H21Br2N3/c1-4-21-15(16(18)11(2)20-21)9-13(10-19-3)12-5-7-14(17)8-6-12/h5-8,13,19H,4,9-10H2,1-3H3. The van der Waals surface area contributed by atoms with Crippen molar-refractivity contribution in [3.8, 4) is 0 Å². The average molecular weight is 415 g/mol. The first-order valence-corrected chi connectivity index (χ1v) is 8.77. The van der Waals surface area contributed by atoms with Gasteiger partial charge < -0.3 is 5.32 Å². The zero-order chi connectivity index (χ0) is 15.4. The lowest BCUT2D eigenvalue weighted by atomic mass is 9.94. The summed E-state index contributed by atoms with van der Waals surface area (Å²) >= 11 is 7.20. The summed E-state index contributed by atoms with van der Waals surface area (Å²) in [4.78, 5) is 0. The Balaban J connectivity index is 2.30. The minimum Gasteiger partial charge on any atom is -0.319 e. The molecule has 0 bridgehead atoms. The van der Waals surface area contributed by atoms with E-state index in [-0.39, 0.29) is 0 Å². The van der Waals surface area contributed by atoms with Gasteiger partial charge in [0.15, 0.2) is 0 Å². The molecule has 1 N–H and O–H groups in total. The minimum absolute atomic E-state index is 0.431. The molecule has 2 rings (SSSR count). The van der Waals surface area contributed by atoms with Crippen LogP contribution < -0.4 is 5.32 Å². The van der Waals surface area contributed by atoms with E-state index in [1.165, 1.54) is 11.3 Å². The molecule has 21 heavy (non-hydrogen) atoms. The molecule has 0 saturated heterocycles. The Hall–Kier alpha value is -0.650. The number of benzene rings is 1. The Morgan fingerprint density at radius 1 is 1.24 bits per heavy atom. The second-order valence-corrected chi connectivity index (χ2v) is 6.88. The van der Waals surface area contributed by atoms with Gasteiger partial charge in [-0.15, -0.1) is 0 Å². The molecule has 1 aromatic carbocycles. The van der Waals surface area contributed by atoms with Crippen molar-refractivity contribution >= 4 is 31.9 Å². The predicted molar refractivity (Wildman–Crippen MR) is 94.9 cm³/mol. The van der Waals surface area contributed by atoms with Gasteiger partial charge in [-0.05, 0) is 60.9 Å². The largest absolute Gasteiger partial charge is 0.319 e. The molecule has 1 atom stereocenters. The molecule has 0 radical (unpaired) electrons. The Bertz CT molecular complexity index is 590. The van der Waals surface area contributed by atoms with Crippen molar-refractivity contribution in [2.24, 2.45) is 0 Å². The molecule has 2 aromatic rings. The first-order valence-electron chi connectivity index (χ1n) is 7.18. The van der Waals surface area contributed by atoms with Gasteiger partial charge >= 0.3 is 0 Å². The summed E-state index contributed by atoms with van der Waals surface area (Å²) in [6.45, 7) is 6.03. The summed E-state index contributed by atoms with van der Waals surface area (Å²) in [5.41, 5.74) is 3.69. The van der Waals surface area contributed by atoms with E-state index in [9.17, 15) is 0 Å². The van der Waals surface area contributed by atoms with Gasteiger partial charge in [-0.3, -0.25) is 4.68 Å². The highest BCUT2D eigenvalue weighted by Crippen LogP contribution is 2.28. The third-order valence-electron chi connectivity index (χ3n) is 3.68. The number of nitrogens with one attached hydrogen (secondary N) is 1. The van der Waals surface area contributed by atoms with Crippen LogP contribution in [0.4, 0.5) is 0 Å². The van der Waals surface area contributed by atoms with Gasteiger partial charge in [-0.25, -0.2) is 0 Å². The number of likely N-dealkylation sites (N-methyl/N-ethyl adjacent to an activating group) is 1. The fourth-order valence-electron chi connectivity index (χ4n) is 2.59. The van der Waals surface area contributed by atoms with E-state index in [4.69, 9.17) is 0 Å². The quantitative estimate of drug-likeness (QED) is 0.764. The maximum absolute atomic E-state index is 4.59. The van der Waals surface area contributed by atoms with Crippen molar-refractivity contribution in [2.45, 2.75) is 32.7 Å². The third kappa shape index (κ3) is 3.96. The number of aromatic nitrogens is 2. The first-order chi connectivity index (χ1) is 10.1. The highest BCUT2D eigenvalue weighted by atomic mass is 79.9. The van der Waals surface area contributed by atoms with Crippen molar-refractivity contribution in [1.29, 1.82) is 0 Å². The van der Waals surface area contributed by atoms with Crippen molar-refractivity contribution in [3.63, 3.8) is 0 Å². The molecular weight excluding hydrogens is 394 g/mol. The first kappa shape index (κ1) is 16.7. The summed E-state index contributed by atoms with van der Waals surface area (Å²) < 4.78 is 4.36. The number of hydrogen-bond acceptors (Lipinski definition) is 2. The Morgan fingerprint density at radius 3 is 2.48 bits per heavy atom. The molecule has 0 aliphatic heterocycles. The molecule has 0 fully saturated rings. The monoisotopic (exact) mass is 413 g/mol. The Kier molecular flexibility index (Phi) is 6.02.